The maximum atomic E-state index is 4.92. The molecule has 0 bridgehead atoms. The second-order valence-electron chi connectivity index (χ2n) is 11.5. The van der Waals surface area contributed by atoms with Gasteiger partial charge in [-0.25, -0.2) is 15.0 Å². The van der Waals surface area contributed by atoms with E-state index in [0.29, 0.717) is 17.5 Å². The van der Waals surface area contributed by atoms with Crippen LogP contribution >= 0.6 is 0 Å². The topological polar surface area (TPSA) is 38.7 Å². The number of fused-ring (bicyclic) bond motifs is 1. The largest absolute Gasteiger partial charge is 0.208 e. The third-order valence-corrected chi connectivity index (χ3v) is 9.12. The average Bonchev–Trinajstić information content (AvgIpc) is 3.13. The van der Waals surface area contributed by atoms with Crippen LogP contribution in [-0.4, -0.2) is 15.0 Å². The summed E-state index contributed by atoms with van der Waals surface area (Å²) in [6, 6.07) is 53.5. The molecule has 3 heteroatoms. The van der Waals surface area contributed by atoms with E-state index >= 15 is 0 Å². The predicted molar refractivity (Wildman–Crippen MR) is 187 cm³/mol. The Kier molecular flexibility index (Phi) is 7.75. The van der Waals surface area contributed by atoms with Crippen molar-refractivity contribution in [2.45, 2.75) is 32.1 Å². The zero-order chi connectivity index (χ0) is 30.6. The second kappa shape index (κ2) is 12.3. The Morgan fingerprint density at radius 3 is 1.27 bits per heavy atom. The van der Waals surface area contributed by atoms with Gasteiger partial charge < -0.3 is 0 Å². The molecule has 7 rings (SSSR count). The Balaban J connectivity index is 1.23. The predicted octanol–water partition coefficient (Wildman–Crippen LogP) is 10.8. The number of rotatable bonds is 8. The van der Waals surface area contributed by atoms with Gasteiger partial charge in [0.25, 0.3) is 0 Å². The standard InChI is InChI=1S/C42H35N3/c1-3-42(4-2,37-25-21-31(22-26-37)36-20-19-30-13-11-12-18-35(30)29-36)38-27-23-34(24-28-38)41-44-39(32-14-7-5-8-15-32)43-40(45-41)33-16-9-6-10-17-33/h5-29H,3-4H2,1-2H3. The number of benzene rings is 6. The SMILES string of the molecule is CCC(CC)(c1ccc(-c2ccc3ccccc3c2)cc1)c1ccc(-c2nc(-c3ccccc3)nc(-c3ccccc3)n2)cc1. The van der Waals surface area contributed by atoms with Gasteiger partial charge in [-0.2, -0.15) is 0 Å². The Labute approximate surface area is 265 Å². The third-order valence-electron chi connectivity index (χ3n) is 9.12. The van der Waals surface area contributed by atoms with E-state index in [1.807, 2.05) is 60.7 Å². The summed E-state index contributed by atoms with van der Waals surface area (Å²) in [6.07, 6.45) is 2.00. The van der Waals surface area contributed by atoms with Gasteiger partial charge in [-0.1, -0.05) is 159 Å². The van der Waals surface area contributed by atoms with Crippen LogP contribution < -0.4 is 0 Å². The quantitative estimate of drug-likeness (QED) is 0.179. The fraction of sp³-hybridized carbons (Fsp3) is 0.119. The monoisotopic (exact) mass is 581 g/mol. The second-order valence-corrected chi connectivity index (χ2v) is 11.5. The normalized spacial score (nSPS) is 11.5. The van der Waals surface area contributed by atoms with Gasteiger partial charge in [0.15, 0.2) is 17.5 Å². The molecule has 0 spiro atoms. The summed E-state index contributed by atoms with van der Waals surface area (Å²) in [5.74, 6) is 2.02. The summed E-state index contributed by atoms with van der Waals surface area (Å²) in [6.45, 7) is 4.58. The van der Waals surface area contributed by atoms with Gasteiger partial charge in [0.05, 0.1) is 0 Å². The van der Waals surface area contributed by atoms with Gasteiger partial charge >= 0.3 is 0 Å². The third kappa shape index (κ3) is 5.54. The van der Waals surface area contributed by atoms with Crippen molar-refractivity contribution in [3.05, 3.63) is 163 Å². The lowest BCUT2D eigenvalue weighted by Crippen LogP contribution is -2.26. The molecular weight excluding hydrogens is 546 g/mol. The van der Waals surface area contributed by atoms with Gasteiger partial charge in [0.2, 0.25) is 0 Å². The zero-order valence-corrected chi connectivity index (χ0v) is 25.7. The zero-order valence-electron chi connectivity index (χ0n) is 25.7. The average molecular weight is 582 g/mol. The van der Waals surface area contributed by atoms with Crippen molar-refractivity contribution in [2.24, 2.45) is 0 Å². The van der Waals surface area contributed by atoms with Gasteiger partial charge in [-0.05, 0) is 51.9 Å². The minimum atomic E-state index is -0.0933. The molecule has 218 valence electrons. The van der Waals surface area contributed by atoms with Gasteiger partial charge in [0, 0.05) is 22.1 Å². The Hall–Kier alpha value is -5.41. The smallest absolute Gasteiger partial charge is 0.164 e. The van der Waals surface area contributed by atoms with Gasteiger partial charge in [-0.15, -0.1) is 0 Å². The lowest BCUT2D eigenvalue weighted by Gasteiger charge is -2.33. The molecule has 0 aliphatic carbocycles. The van der Waals surface area contributed by atoms with Crippen molar-refractivity contribution in [2.75, 3.05) is 0 Å². The Bertz CT molecular complexity index is 1990. The maximum absolute atomic E-state index is 4.92. The molecule has 3 nitrogen and oxygen atoms in total. The van der Waals surface area contributed by atoms with Crippen molar-refractivity contribution in [1.82, 2.24) is 15.0 Å². The fourth-order valence-electron chi connectivity index (χ4n) is 6.46. The van der Waals surface area contributed by atoms with Crippen LogP contribution in [0.4, 0.5) is 0 Å². The molecule has 6 aromatic carbocycles. The van der Waals surface area contributed by atoms with Crippen molar-refractivity contribution in [3.63, 3.8) is 0 Å². The first-order chi connectivity index (χ1) is 22.2. The van der Waals surface area contributed by atoms with E-state index in [4.69, 9.17) is 15.0 Å². The van der Waals surface area contributed by atoms with Crippen molar-refractivity contribution >= 4 is 10.8 Å². The van der Waals surface area contributed by atoms with Crippen LogP contribution in [0.15, 0.2) is 152 Å². The summed E-state index contributed by atoms with van der Waals surface area (Å²) in [5, 5.41) is 2.53. The van der Waals surface area contributed by atoms with E-state index in [-0.39, 0.29) is 5.41 Å². The molecule has 0 radical (unpaired) electrons. The maximum Gasteiger partial charge on any atom is 0.164 e. The van der Waals surface area contributed by atoms with Crippen LogP contribution in [0, 0.1) is 0 Å². The molecule has 0 amide bonds. The Morgan fingerprint density at radius 2 is 0.778 bits per heavy atom. The molecule has 1 heterocycles. The Morgan fingerprint density at radius 1 is 0.378 bits per heavy atom. The van der Waals surface area contributed by atoms with Crippen LogP contribution in [0.1, 0.15) is 37.8 Å². The number of aromatic nitrogens is 3. The molecule has 0 fully saturated rings. The molecular formula is C42H35N3. The highest BCUT2D eigenvalue weighted by atomic mass is 15.0. The fourth-order valence-corrected chi connectivity index (χ4v) is 6.46. The lowest BCUT2D eigenvalue weighted by atomic mass is 9.70. The van der Waals surface area contributed by atoms with Crippen molar-refractivity contribution in [3.8, 4) is 45.3 Å². The van der Waals surface area contributed by atoms with Crippen LogP contribution in [0.5, 0.6) is 0 Å². The van der Waals surface area contributed by atoms with Gasteiger partial charge in [0.1, 0.15) is 0 Å². The first-order valence-corrected chi connectivity index (χ1v) is 15.7. The van der Waals surface area contributed by atoms with E-state index < -0.39 is 0 Å². The van der Waals surface area contributed by atoms with E-state index in [1.165, 1.54) is 33.0 Å². The molecule has 45 heavy (non-hydrogen) atoms. The molecule has 0 unspecified atom stereocenters. The highest BCUT2D eigenvalue weighted by molar-refractivity contribution is 5.87. The molecule has 7 aromatic rings. The molecule has 0 saturated heterocycles. The molecule has 1 aromatic heterocycles. The van der Waals surface area contributed by atoms with Crippen molar-refractivity contribution in [1.29, 1.82) is 0 Å². The summed E-state index contributed by atoms with van der Waals surface area (Å²) >= 11 is 0. The van der Waals surface area contributed by atoms with E-state index in [1.54, 1.807) is 0 Å². The minimum Gasteiger partial charge on any atom is -0.208 e. The molecule has 0 atom stereocenters. The van der Waals surface area contributed by atoms with Crippen molar-refractivity contribution < 1.29 is 0 Å². The van der Waals surface area contributed by atoms with Gasteiger partial charge in [-0.3, -0.25) is 0 Å². The lowest BCUT2D eigenvalue weighted by molar-refractivity contribution is 0.478. The number of hydrogen-bond donors (Lipinski definition) is 0. The molecule has 0 aliphatic rings. The summed E-state index contributed by atoms with van der Waals surface area (Å²) < 4.78 is 0. The highest BCUT2D eigenvalue weighted by Crippen LogP contribution is 2.40. The first kappa shape index (κ1) is 28.4. The molecule has 0 aliphatic heterocycles. The van der Waals surface area contributed by atoms with E-state index in [2.05, 4.69) is 105 Å². The van der Waals surface area contributed by atoms with Crippen LogP contribution in [-0.2, 0) is 5.41 Å². The summed E-state index contributed by atoms with van der Waals surface area (Å²) in [5.41, 5.74) is 7.94. The van der Waals surface area contributed by atoms with E-state index in [9.17, 15) is 0 Å². The molecule has 0 saturated carbocycles. The molecule has 0 N–H and O–H groups in total. The summed E-state index contributed by atoms with van der Waals surface area (Å²) in [4.78, 5) is 14.7. The first-order valence-electron chi connectivity index (χ1n) is 15.7. The highest BCUT2D eigenvalue weighted by Gasteiger charge is 2.30. The number of nitrogens with zero attached hydrogens (tertiary/aromatic N) is 3. The summed E-state index contributed by atoms with van der Waals surface area (Å²) in [7, 11) is 0. The minimum absolute atomic E-state index is 0.0933. The van der Waals surface area contributed by atoms with Crippen LogP contribution in [0.2, 0.25) is 0 Å². The van der Waals surface area contributed by atoms with Crippen LogP contribution in [0.3, 0.4) is 0 Å². The number of hydrogen-bond acceptors (Lipinski definition) is 3. The van der Waals surface area contributed by atoms with Crippen LogP contribution in [0.25, 0.3) is 56.1 Å². The van der Waals surface area contributed by atoms with E-state index in [0.717, 1.165) is 29.5 Å².